The molecule has 92 valence electrons. The Bertz CT molecular complexity index is 184. The first-order chi connectivity index (χ1) is 6.39. The minimum atomic E-state index is 0. The average molecular weight is 213 g/mol. The normalized spacial score (nSPS) is 28.2. The molecule has 15 heavy (non-hydrogen) atoms. The predicted octanol–water partition coefficient (Wildman–Crippen LogP) is 4.04. The zero-order chi connectivity index (χ0) is 10.9. The van der Waals surface area contributed by atoms with Gasteiger partial charge in [0, 0.05) is 18.6 Å². The van der Waals surface area contributed by atoms with E-state index < -0.39 is 0 Å². The molecule has 0 N–H and O–H groups in total. The molecule has 0 saturated carbocycles. The molecule has 1 heterocycles. The van der Waals surface area contributed by atoms with Crippen LogP contribution in [0.15, 0.2) is 0 Å². The van der Waals surface area contributed by atoms with Gasteiger partial charge < -0.3 is 0 Å². The van der Waals surface area contributed by atoms with Crippen LogP contribution in [-0.4, -0.2) is 23.5 Å². The van der Waals surface area contributed by atoms with Gasteiger partial charge in [0.05, 0.1) is 0 Å². The van der Waals surface area contributed by atoms with Gasteiger partial charge >= 0.3 is 0 Å². The van der Waals surface area contributed by atoms with Gasteiger partial charge in [-0.1, -0.05) is 41.5 Å². The molecule has 1 nitrogen and oxygen atoms in total. The second kappa shape index (κ2) is 5.34. The Balaban J connectivity index is 0.00000196. The third-order valence-electron chi connectivity index (χ3n) is 4.52. The summed E-state index contributed by atoms with van der Waals surface area (Å²) < 4.78 is 0. The number of hydrogen-bond donors (Lipinski definition) is 0. The molecule has 0 spiro atoms. The van der Waals surface area contributed by atoms with E-state index in [-0.39, 0.29) is 7.43 Å². The summed E-state index contributed by atoms with van der Waals surface area (Å²) in [6.45, 7) is 16.8. The Morgan fingerprint density at radius 3 is 2.13 bits per heavy atom. The van der Waals surface area contributed by atoms with Crippen molar-refractivity contribution in [2.45, 2.75) is 60.9 Å². The van der Waals surface area contributed by atoms with Crippen LogP contribution in [0.3, 0.4) is 0 Å². The van der Waals surface area contributed by atoms with Crippen molar-refractivity contribution in [3.8, 4) is 0 Å². The lowest BCUT2D eigenvalue weighted by Crippen LogP contribution is -2.46. The molecule has 0 radical (unpaired) electrons. The van der Waals surface area contributed by atoms with Crippen molar-refractivity contribution in [2.75, 3.05) is 13.1 Å². The fourth-order valence-electron chi connectivity index (χ4n) is 2.40. The summed E-state index contributed by atoms with van der Waals surface area (Å²) in [5.41, 5.74) is 0.373. The predicted molar refractivity (Wildman–Crippen MR) is 70.2 cm³/mol. The van der Waals surface area contributed by atoms with E-state index in [0.717, 1.165) is 17.8 Å². The average Bonchev–Trinajstić information content (AvgIpc) is 2.47. The first kappa shape index (κ1) is 15.0. The quantitative estimate of drug-likeness (QED) is 0.684. The highest BCUT2D eigenvalue weighted by atomic mass is 15.2. The van der Waals surface area contributed by atoms with Gasteiger partial charge in [0.1, 0.15) is 0 Å². The van der Waals surface area contributed by atoms with E-state index in [1.165, 1.54) is 19.5 Å². The highest BCUT2D eigenvalue weighted by molar-refractivity contribution is 4.92. The molecule has 1 rings (SSSR count). The van der Waals surface area contributed by atoms with Gasteiger partial charge in [-0.3, -0.25) is 4.90 Å². The summed E-state index contributed by atoms with van der Waals surface area (Å²) in [7, 11) is 0. The van der Waals surface area contributed by atoms with Crippen LogP contribution >= 0.6 is 0 Å². The van der Waals surface area contributed by atoms with Crippen LogP contribution in [0.2, 0.25) is 0 Å². The number of hydrogen-bond acceptors (Lipinski definition) is 1. The van der Waals surface area contributed by atoms with E-state index in [2.05, 4.69) is 46.4 Å². The Morgan fingerprint density at radius 1 is 1.27 bits per heavy atom. The highest BCUT2D eigenvalue weighted by Gasteiger charge is 2.38. The van der Waals surface area contributed by atoms with Gasteiger partial charge in [-0.15, -0.1) is 0 Å². The summed E-state index contributed by atoms with van der Waals surface area (Å²) >= 11 is 0. The van der Waals surface area contributed by atoms with Crippen LogP contribution in [-0.2, 0) is 0 Å². The standard InChI is InChI=1S/C13H27N.CH4/c1-7-12-9-14(8-11(12)4)13(5,6)10(2)3;/h10-12H,7-9H2,1-6H3;1H4. The van der Waals surface area contributed by atoms with Crippen LogP contribution in [0.25, 0.3) is 0 Å². The van der Waals surface area contributed by atoms with Crippen molar-refractivity contribution in [3.63, 3.8) is 0 Å². The first-order valence-electron chi connectivity index (χ1n) is 6.14. The third kappa shape index (κ3) is 2.96. The maximum atomic E-state index is 2.69. The number of nitrogens with zero attached hydrogens (tertiary/aromatic N) is 1. The molecule has 0 aromatic rings. The summed E-state index contributed by atoms with van der Waals surface area (Å²) in [5, 5.41) is 0. The fraction of sp³-hybridized carbons (Fsp3) is 1.00. The van der Waals surface area contributed by atoms with Gasteiger partial charge in [0.15, 0.2) is 0 Å². The van der Waals surface area contributed by atoms with Crippen molar-refractivity contribution in [1.82, 2.24) is 4.90 Å². The molecule has 1 aliphatic rings. The molecule has 0 aromatic heterocycles. The molecular weight excluding hydrogens is 182 g/mol. The lowest BCUT2D eigenvalue weighted by molar-refractivity contribution is 0.0972. The monoisotopic (exact) mass is 213 g/mol. The van der Waals surface area contributed by atoms with Crippen molar-refractivity contribution in [3.05, 3.63) is 0 Å². The maximum absolute atomic E-state index is 2.69. The second-order valence-corrected chi connectivity index (χ2v) is 5.86. The van der Waals surface area contributed by atoms with Gasteiger partial charge in [-0.05, 0) is 31.6 Å². The summed E-state index contributed by atoms with van der Waals surface area (Å²) in [5.74, 6) is 2.55. The van der Waals surface area contributed by atoms with E-state index in [4.69, 9.17) is 0 Å². The zero-order valence-corrected chi connectivity index (χ0v) is 10.8. The summed E-state index contributed by atoms with van der Waals surface area (Å²) in [4.78, 5) is 2.69. The smallest absolute Gasteiger partial charge is 0.0176 e. The lowest BCUT2D eigenvalue weighted by atomic mass is 9.89. The van der Waals surface area contributed by atoms with Crippen LogP contribution in [0.5, 0.6) is 0 Å². The van der Waals surface area contributed by atoms with Crippen molar-refractivity contribution < 1.29 is 0 Å². The van der Waals surface area contributed by atoms with E-state index >= 15 is 0 Å². The minimum Gasteiger partial charge on any atom is -0.297 e. The molecular formula is C14H31N. The van der Waals surface area contributed by atoms with Crippen molar-refractivity contribution in [1.29, 1.82) is 0 Å². The zero-order valence-electron chi connectivity index (χ0n) is 10.8. The van der Waals surface area contributed by atoms with Crippen LogP contribution < -0.4 is 0 Å². The van der Waals surface area contributed by atoms with Crippen molar-refractivity contribution >= 4 is 0 Å². The topological polar surface area (TPSA) is 3.24 Å². The van der Waals surface area contributed by atoms with Crippen LogP contribution in [0.4, 0.5) is 0 Å². The summed E-state index contributed by atoms with van der Waals surface area (Å²) in [6, 6.07) is 0. The molecule has 2 atom stereocenters. The Morgan fingerprint density at radius 2 is 1.80 bits per heavy atom. The van der Waals surface area contributed by atoms with Gasteiger partial charge in [0.25, 0.3) is 0 Å². The van der Waals surface area contributed by atoms with E-state index in [1.807, 2.05) is 0 Å². The van der Waals surface area contributed by atoms with E-state index in [1.54, 1.807) is 0 Å². The Kier molecular flexibility index (Phi) is 5.32. The maximum Gasteiger partial charge on any atom is 0.0176 e. The fourth-order valence-corrected chi connectivity index (χ4v) is 2.40. The summed E-state index contributed by atoms with van der Waals surface area (Å²) in [6.07, 6.45) is 1.34. The largest absolute Gasteiger partial charge is 0.297 e. The van der Waals surface area contributed by atoms with E-state index in [0.29, 0.717) is 5.54 Å². The lowest BCUT2D eigenvalue weighted by Gasteiger charge is -2.39. The second-order valence-electron chi connectivity index (χ2n) is 5.86. The Labute approximate surface area is 97.2 Å². The SMILES string of the molecule is C.CCC1CN(C(C)(C)C(C)C)CC1C. The minimum absolute atomic E-state index is 0. The van der Waals surface area contributed by atoms with E-state index in [9.17, 15) is 0 Å². The molecule has 0 bridgehead atoms. The van der Waals surface area contributed by atoms with Gasteiger partial charge in [-0.2, -0.15) is 0 Å². The molecule has 1 heteroatoms. The highest BCUT2D eigenvalue weighted by Crippen LogP contribution is 2.34. The number of likely N-dealkylation sites (tertiary alicyclic amines) is 1. The van der Waals surface area contributed by atoms with Crippen LogP contribution in [0.1, 0.15) is 55.4 Å². The molecule has 1 aliphatic heterocycles. The molecule has 0 amide bonds. The van der Waals surface area contributed by atoms with Gasteiger partial charge in [0.2, 0.25) is 0 Å². The number of rotatable bonds is 3. The molecule has 1 saturated heterocycles. The Hall–Kier alpha value is -0.0400. The molecule has 0 aromatic carbocycles. The molecule has 2 unspecified atom stereocenters. The van der Waals surface area contributed by atoms with Gasteiger partial charge in [-0.25, -0.2) is 0 Å². The van der Waals surface area contributed by atoms with Crippen LogP contribution in [0, 0.1) is 17.8 Å². The third-order valence-corrected chi connectivity index (χ3v) is 4.52. The first-order valence-corrected chi connectivity index (χ1v) is 6.14. The molecule has 1 fully saturated rings. The van der Waals surface area contributed by atoms with Crippen molar-refractivity contribution in [2.24, 2.45) is 17.8 Å². The molecule has 0 aliphatic carbocycles.